The third-order valence-corrected chi connectivity index (χ3v) is 2.26. The minimum absolute atomic E-state index is 0.506. The van der Waals surface area contributed by atoms with Gasteiger partial charge in [-0.3, -0.25) is 0 Å². The largest absolute Gasteiger partial charge is 0.436 e. The Morgan fingerprint density at radius 2 is 1.58 bits per heavy atom. The highest BCUT2D eigenvalue weighted by molar-refractivity contribution is 6.51. The lowest BCUT2D eigenvalue weighted by atomic mass is 9.62. The molecule has 0 heterocycles. The van der Waals surface area contributed by atoms with Gasteiger partial charge in [-0.05, 0) is 6.42 Å². The first-order valence-electron chi connectivity index (χ1n) is 5.46. The van der Waals surface area contributed by atoms with E-state index in [2.05, 4.69) is 20.8 Å². The van der Waals surface area contributed by atoms with Crippen LogP contribution >= 0.6 is 0 Å². The lowest BCUT2D eigenvalue weighted by molar-refractivity contribution is 0.306. The van der Waals surface area contributed by atoms with Crippen molar-refractivity contribution in [1.82, 2.24) is 0 Å². The topological polar surface area (TPSA) is 9.23 Å². The van der Waals surface area contributed by atoms with Gasteiger partial charge in [0, 0.05) is 6.61 Å². The summed E-state index contributed by atoms with van der Waals surface area (Å²) in [6.07, 6.45) is 7.55. The molecule has 0 aliphatic heterocycles. The first kappa shape index (κ1) is 12.0. The van der Waals surface area contributed by atoms with Crippen LogP contribution in [0.1, 0.15) is 46.5 Å². The van der Waals surface area contributed by atoms with E-state index < -0.39 is 0 Å². The van der Waals surface area contributed by atoms with Crippen molar-refractivity contribution in [2.45, 2.75) is 59.1 Å². The third-order valence-electron chi connectivity index (χ3n) is 2.26. The summed E-state index contributed by atoms with van der Waals surface area (Å²) in [6, 6.07) is 0. The summed E-state index contributed by atoms with van der Waals surface area (Å²) >= 11 is 0. The molecule has 0 aromatic rings. The molecule has 0 aromatic heterocycles. The van der Waals surface area contributed by atoms with Gasteiger partial charge in [0.05, 0.1) is 0 Å². The molecule has 0 aliphatic rings. The zero-order chi connectivity index (χ0) is 9.23. The van der Waals surface area contributed by atoms with Crippen molar-refractivity contribution in [1.29, 1.82) is 0 Å². The van der Waals surface area contributed by atoms with Gasteiger partial charge in [0.15, 0.2) is 0 Å². The van der Waals surface area contributed by atoms with Crippen molar-refractivity contribution in [3.05, 3.63) is 0 Å². The van der Waals surface area contributed by atoms with Crippen LogP contribution in [0.25, 0.3) is 0 Å². The maximum absolute atomic E-state index is 5.69. The highest BCUT2D eigenvalue weighted by atomic mass is 16.4. The molecule has 0 atom stereocenters. The predicted octanol–water partition coefficient (Wildman–Crippen LogP) is 3.61. The summed E-state index contributed by atoms with van der Waals surface area (Å²) in [7, 11) is 0. The van der Waals surface area contributed by atoms with Gasteiger partial charge in [-0.2, -0.15) is 0 Å². The molecule has 72 valence electrons. The molecule has 0 bridgehead atoms. The SMILES string of the molecule is CCCCCCOB(CC)CC. The predicted molar refractivity (Wildman–Crippen MR) is 56.8 cm³/mol. The van der Waals surface area contributed by atoms with E-state index >= 15 is 0 Å². The second-order valence-corrected chi connectivity index (χ2v) is 3.37. The second kappa shape index (κ2) is 9.12. The monoisotopic (exact) mass is 170 g/mol. The number of hydrogen-bond donors (Lipinski definition) is 0. The van der Waals surface area contributed by atoms with Crippen LogP contribution in [0.5, 0.6) is 0 Å². The lowest BCUT2D eigenvalue weighted by Crippen LogP contribution is -2.15. The van der Waals surface area contributed by atoms with Crippen LogP contribution < -0.4 is 0 Å². The number of unbranched alkanes of at least 4 members (excludes halogenated alkanes) is 3. The number of hydrogen-bond acceptors (Lipinski definition) is 1. The van der Waals surface area contributed by atoms with E-state index in [4.69, 9.17) is 4.65 Å². The molecular formula is C10H23BO. The van der Waals surface area contributed by atoms with E-state index in [-0.39, 0.29) is 0 Å². The molecule has 0 rings (SSSR count). The fourth-order valence-electron chi connectivity index (χ4n) is 1.30. The molecule has 0 saturated heterocycles. The zero-order valence-electron chi connectivity index (χ0n) is 8.94. The normalized spacial score (nSPS) is 10.2. The summed E-state index contributed by atoms with van der Waals surface area (Å²) in [6.45, 7) is 8.10. The van der Waals surface area contributed by atoms with Crippen LogP contribution in [0.15, 0.2) is 0 Å². The molecule has 0 aliphatic carbocycles. The Morgan fingerprint density at radius 1 is 0.917 bits per heavy atom. The molecule has 1 nitrogen and oxygen atoms in total. The van der Waals surface area contributed by atoms with Gasteiger partial charge >= 0.3 is 0 Å². The molecule has 2 heteroatoms. The first-order valence-corrected chi connectivity index (χ1v) is 5.46. The Morgan fingerprint density at radius 3 is 2.08 bits per heavy atom. The van der Waals surface area contributed by atoms with E-state index in [1.54, 1.807) is 0 Å². The first-order chi connectivity index (χ1) is 5.85. The Hall–Kier alpha value is 0.0249. The standard InChI is InChI=1S/C10H23BO/c1-4-7-8-9-10-12-11(5-2)6-3/h4-10H2,1-3H3. The summed E-state index contributed by atoms with van der Waals surface area (Å²) < 4.78 is 5.69. The lowest BCUT2D eigenvalue weighted by Gasteiger charge is -2.09. The molecule has 0 radical (unpaired) electrons. The molecular weight excluding hydrogens is 147 g/mol. The average Bonchev–Trinajstić information content (AvgIpc) is 2.11. The fraction of sp³-hybridized carbons (Fsp3) is 1.00. The van der Waals surface area contributed by atoms with Crippen molar-refractivity contribution < 1.29 is 4.65 Å². The smallest absolute Gasteiger partial charge is 0.292 e. The van der Waals surface area contributed by atoms with E-state index in [0.29, 0.717) is 6.92 Å². The summed E-state index contributed by atoms with van der Waals surface area (Å²) in [5.74, 6) is 0. The van der Waals surface area contributed by atoms with Gasteiger partial charge in [-0.15, -0.1) is 0 Å². The molecule has 0 N–H and O–H groups in total. The maximum atomic E-state index is 5.69. The van der Waals surface area contributed by atoms with Crippen molar-refractivity contribution >= 4 is 6.92 Å². The third kappa shape index (κ3) is 6.72. The van der Waals surface area contributed by atoms with E-state index in [1.165, 1.54) is 25.7 Å². The van der Waals surface area contributed by atoms with E-state index in [9.17, 15) is 0 Å². The van der Waals surface area contributed by atoms with Crippen LogP contribution in [0.4, 0.5) is 0 Å². The van der Waals surface area contributed by atoms with Crippen molar-refractivity contribution in [2.75, 3.05) is 6.61 Å². The van der Waals surface area contributed by atoms with Crippen LogP contribution in [0.3, 0.4) is 0 Å². The van der Waals surface area contributed by atoms with Crippen molar-refractivity contribution in [2.24, 2.45) is 0 Å². The molecule has 12 heavy (non-hydrogen) atoms. The zero-order valence-corrected chi connectivity index (χ0v) is 8.94. The highest BCUT2D eigenvalue weighted by Crippen LogP contribution is 2.03. The molecule has 0 aromatic carbocycles. The van der Waals surface area contributed by atoms with Crippen LogP contribution in [0, 0.1) is 0 Å². The summed E-state index contributed by atoms with van der Waals surface area (Å²) in [5, 5.41) is 0. The molecule has 0 saturated carbocycles. The molecule has 0 unspecified atom stereocenters. The summed E-state index contributed by atoms with van der Waals surface area (Å²) in [4.78, 5) is 0. The maximum Gasteiger partial charge on any atom is 0.292 e. The highest BCUT2D eigenvalue weighted by Gasteiger charge is 2.08. The molecule has 0 spiro atoms. The van der Waals surface area contributed by atoms with E-state index in [0.717, 1.165) is 19.2 Å². The fourth-order valence-corrected chi connectivity index (χ4v) is 1.30. The van der Waals surface area contributed by atoms with Crippen LogP contribution in [-0.2, 0) is 4.65 Å². The molecule has 0 fully saturated rings. The van der Waals surface area contributed by atoms with Crippen LogP contribution in [-0.4, -0.2) is 13.5 Å². The van der Waals surface area contributed by atoms with Gasteiger partial charge in [0.25, 0.3) is 6.92 Å². The van der Waals surface area contributed by atoms with Gasteiger partial charge < -0.3 is 4.65 Å². The summed E-state index contributed by atoms with van der Waals surface area (Å²) in [5.41, 5.74) is 0. The van der Waals surface area contributed by atoms with E-state index in [1.807, 2.05) is 0 Å². The van der Waals surface area contributed by atoms with Gasteiger partial charge in [-0.1, -0.05) is 52.7 Å². The Bertz CT molecular complexity index is 81.9. The number of rotatable bonds is 8. The van der Waals surface area contributed by atoms with Gasteiger partial charge in [0.1, 0.15) is 0 Å². The van der Waals surface area contributed by atoms with Gasteiger partial charge in [0.2, 0.25) is 0 Å². The quantitative estimate of drug-likeness (QED) is 0.399. The van der Waals surface area contributed by atoms with Crippen LogP contribution in [0.2, 0.25) is 12.6 Å². The minimum Gasteiger partial charge on any atom is -0.436 e. The molecule has 0 amide bonds. The Balaban J connectivity index is 3.06. The Kier molecular flexibility index (Phi) is 9.13. The second-order valence-electron chi connectivity index (χ2n) is 3.37. The minimum atomic E-state index is 0.506. The Labute approximate surface area is 78.0 Å². The van der Waals surface area contributed by atoms with Crippen molar-refractivity contribution in [3.8, 4) is 0 Å². The van der Waals surface area contributed by atoms with Gasteiger partial charge in [-0.25, -0.2) is 0 Å². The van der Waals surface area contributed by atoms with Crippen molar-refractivity contribution in [3.63, 3.8) is 0 Å². The average molecular weight is 170 g/mol.